The minimum absolute atomic E-state index is 0.0593. The van der Waals surface area contributed by atoms with Gasteiger partial charge < -0.3 is 14.5 Å². The van der Waals surface area contributed by atoms with Gasteiger partial charge in [-0.2, -0.15) is 0 Å². The molecular formula is C19H19NO3S. The maximum absolute atomic E-state index is 12.0. The van der Waals surface area contributed by atoms with Crippen molar-refractivity contribution in [1.29, 1.82) is 0 Å². The molecule has 3 aromatic rings. The van der Waals surface area contributed by atoms with Crippen molar-refractivity contribution in [3.63, 3.8) is 0 Å². The van der Waals surface area contributed by atoms with Crippen LogP contribution < -0.4 is 10.1 Å². The predicted molar refractivity (Wildman–Crippen MR) is 95.2 cm³/mol. The summed E-state index contributed by atoms with van der Waals surface area (Å²) in [6, 6.07) is 11.8. The molecule has 0 saturated heterocycles. The van der Waals surface area contributed by atoms with E-state index in [-0.39, 0.29) is 5.91 Å². The number of nitrogens with one attached hydrogen (secondary N) is 1. The average molecular weight is 341 g/mol. The highest BCUT2D eigenvalue weighted by Gasteiger charge is 2.06. The summed E-state index contributed by atoms with van der Waals surface area (Å²) in [5.74, 6) is 0.887. The number of hydrogen-bond acceptors (Lipinski definition) is 4. The van der Waals surface area contributed by atoms with Crippen LogP contribution in [-0.2, 0) is 17.8 Å². The van der Waals surface area contributed by atoms with Crippen molar-refractivity contribution in [2.45, 2.75) is 19.4 Å². The van der Waals surface area contributed by atoms with Crippen molar-refractivity contribution in [3.05, 3.63) is 64.7 Å². The molecule has 1 aromatic carbocycles. The Bertz CT molecular complexity index is 775. The van der Waals surface area contributed by atoms with Gasteiger partial charge in [-0.1, -0.05) is 12.1 Å². The van der Waals surface area contributed by atoms with E-state index in [1.54, 1.807) is 31.0 Å². The summed E-state index contributed by atoms with van der Waals surface area (Å²) < 4.78 is 10.2. The number of carbonyl (C=O) groups excluding carboxylic acids is 1. The Morgan fingerprint density at radius 2 is 2.04 bits per heavy atom. The number of thiophene rings is 1. The number of benzene rings is 1. The minimum Gasteiger partial charge on any atom is -0.497 e. The lowest BCUT2D eigenvalue weighted by Gasteiger charge is -2.05. The Labute approximate surface area is 145 Å². The molecule has 0 spiro atoms. The lowest BCUT2D eigenvalue weighted by molar-refractivity contribution is -0.121. The van der Waals surface area contributed by atoms with Crippen molar-refractivity contribution in [1.82, 2.24) is 5.32 Å². The Morgan fingerprint density at radius 1 is 1.21 bits per heavy atom. The van der Waals surface area contributed by atoms with Crippen molar-refractivity contribution < 1.29 is 13.9 Å². The highest BCUT2D eigenvalue weighted by Crippen LogP contribution is 2.25. The molecule has 4 nitrogen and oxygen atoms in total. The summed E-state index contributed by atoms with van der Waals surface area (Å²) in [6.07, 6.45) is 4.58. The van der Waals surface area contributed by atoms with E-state index < -0.39 is 0 Å². The Kier molecular flexibility index (Phi) is 5.33. The van der Waals surface area contributed by atoms with E-state index in [2.05, 4.69) is 16.8 Å². The topological polar surface area (TPSA) is 51.5 Å². The normalized spacial score (nSPS) is 10.5. The lowest BCUT2D eigenvalue weighted by Crippen LogP contribution is -2.22. The van der Waals surface area contributed by atoms with E-state index in [1.165, 1.54) is 0 Å². The Balaban J connectivity index is 1.45. The first kappa shape index (κ1) is 16.3. The average Bonchev–Trinajstić information content (AvgIpc) is 3.29. The smallest absolute Gasteiger partial charge is 0.220 e. The van der Waals surface area contributed by atoms with Crippen LogP contribution in [0.15, 0.2) is 58.7 Å². The molecule has 124 valence electrons. The quantitative estimate of drug-likeness (QED) is 0.698. The zero-order chi connectivity index (χ0) is 16.8. The van der Waals surface area contributed by atoms with E-state index in [0.717, 1.165) is 33.7 Å². The number of methoxy groups -OCH3 is 1. The second-order valence-electron chi connectivity index (χ2n) is 5.44. The van der Waals surface area contributed by atoms with Crippen LogP contribution >= 0.6 is 11.3 Å². The number of amides is 1. The Hall–Kier alpha value is -2.53. The summed E-state index contributed by atoms with van der Waals surface area (Å²) in [4.78, 5) is 13.1. The van der Waals surface area contributed by atoms with Crippen LogP contribution in [0.3, 0.4) is 0 Å². The second kappa shape index (κ2) is 7.84. The SMILES string of the molecule is COc1ccc(CCC(=O)NCc2cc(-c3ccoc3)cs2)cc1. The van der Waals surface area contributed by atoms with Crippen LogP contribution in [0.25, 0.3) is 11.1 Å². The monoisotopic (exact) mass is 341 g/mol. The van der Waals surface area contributed by atoms with Crippen LogP contribution in [0, 0.1) is 0 Å². The molecule has 0 saturated carbocycles. The fraction of sp³-hybridized carbons (Fsp3) is 0.211. The van der Waals surface area contributed by atoms with Gasteiger partial charge in [0.25, 0.3) is 0 Å². The molecule has 0 unspecified atom stereocenters. The van der Waals surface area contributed by atoms with E-state index in [0.29, 0.717) is 13.0 Å². The number of aryl methyl sites for hydroxylation is 1. The molecule has 1 N–H and O–H groups in total. The Morgan fingerprint density at radius 3 is 2.75 bits per heavy atom. The van der Waals surface area contributed by atoms with Gasteiger partial charge in [-0.25, -0.2) is 0 Å². The van der Waals surface area contributed by atoms with Gasteiger partial charge in [-0.15, -0.1) is 11.3 Å². The van der Waals surface area contributed by atoms with Gasteiger partial charge in [0.1, 0.15) is 5.75 Å². The number of hydrogen-bond donors (Lipinski definition) is 1. The molecule has 0 aliphatic carbocycles. The van der Waals surface area contributed by atoms with Crippen LogP contribution in [0.5, 0.6) is 5.75 Å². The fourth-order valence-corrected chi connectivity index (χ4v) is 3.21. The molecule has 0 atom stereocenters. The molecule has 0 aliphatic rings. The number of rotatable bonds is 7. The molecule has 24 heavy (non-hydrogen) atoms. The van der Waals surface area contributed by atoms with Gasteiger partial charge in [0, 0.05) is 16.9 Å². The summed E-state index contributed by atoms with van der Waals surface area (Å²) in [7, 11) is 1.64. The summed E-state index contributed by atoms with van der Waals surface area (Å²) in [5.41, 5.74) is 3.31. The van der Waals surface area contributed by atoms with Crippen LogP contribution in [0.1, 0.15) is 16.9 Å². The molecule has 5 heteroatoms. The van der Waals surface area contributed by atoms with E-state index in [9.17, 15) is 4.79 Å². The first-order valence-corrected chi connectivity index (χ1v) is 8.62. The van der Waals surface area contributed by atoms with Gasteiger partial charge in [-0.05, 0) is 47.2 Å². The van der Waals surface area contributed by atoms with Gasteiger partial charge in [0.15, 0.2) is 0 Å². The number of furan rings is 1. The van der Waals surface area contributed by atoms with Crippen molar-refractivity contribution >= 4 is 17.2 Å². The molecule has 2 heterocycles. The number of carbonyl (C=O) groups is 1. The molecule has 0 radical (unpaired) electrons. The van der Waals surface area contributed by atoms with Crippen molar-refractivity contribution in [2.24, 2.45) is 0 Å². The third-order valence-electron chi connectivity index (χ3n) is 3.77. The van der Waals surface area contributed by atoms with Crippen molar-refractivity contribution in [2.75, 3.05) is 7.11 Å². The largest absolute Gasteiger partial charge is 0.497 e. The maximum Gasteiger partial charge on any atom is 0.220 e. The highest BCUT2D eigenvalue weighted by molar-refractivity contribution is 7.10. The predicted octanol–water partition coefficient (Wildman–Crippen LogP) is 4.27. The van der Waals surface area contributed by atoms with Crippen LogP contribution in [-0.4, -0.2) is 13.0 Å². The third-order valence-corrected chi connectivity index (χ3v) is 4.70. The molecule has 0 fully saturated rings. The van der Waals surface area contributed by atoms with Crippen LogP contribution in [0.4, 0.5) is 0 Å². The van der Waals surface area contributed by atoms with E-state index in [1.807, 2.05) is 30.3 Å². The summed E-state index contributed by atoms with van der Waals surface area (Å²) in [6.45, 7) is 0.559. The van der Waals surface area contributed by atoms with Crippen molar-refractivity contribution in [3.8, 4) is 16.9 Å². The standard InChI is InChI=1S/C19H19NO3S/c1-22-17-5-2-14(3-6-17)4-7-19(21)20-11-18-10-16(13-24-18)15-8-9-23-12-15/h2-3,5-6,8-10,12-13H,4,7,11H2,1H3,(H,20,21). The molecule has 2 aromatic heterocycles. The lowest BCUT2D eigenvalue weighted by atomic mass is 10.1. The van der Waals surface area contributed by atoms with Gasteiger partial charge in [0.05, 0.1) is 26.2 Å². The van der Waals surface area contributed by atoms with E-state index >= 15 is 0 Å². The fourth-order valence-electron chi connectivity index (χ4n) is 2.38. The molecule has 0 bridgehead atoms. The molecule has 0 aliphatic heterocycles. The highest BCUT2D eigenvalue weighted by atomic mass is 32.1. The summed E-state index contributed by atoms with van der Waals surface area (Å²) >= 11 is 1.64. The van der Waals surface area contributed by atoms with Gasteiger partial charge in [-0.3, -0.25) is 4.79 Å². The number of ether oxygens (including phenoxy) is 1. The third kappa shape index (κ3) is 4.26. The first-order chi connectivity index (χ1) is 11.7. The minimum atomic E-state index is 0.0593. The first-order valence-electron chi connectivity index (χ1n) is 7.74. The van der Waals surface area contributed by atoms with Gasteiger partial charge in [0.2, 0.25) is 5.91 Å². The van der Waals surface area contributed by atoms with E-state index in [4.69, 9.17) is 9.15 Å². The van der Waals surface area contributed by atoms with Crippen LogP contribution in [0.2, 0.25) is 0 Å². The molecule has 3 rings (SSSR count). The molecular weight excluding hydrogens is 322 g/mol. The molecule has 1 amide bonds. The summed E-state index contributed by atoms with van der Waals surface area (Å²) in [5, 5.41) is 5.05. The van der Waals surface area contributed by atoms with Gasteiger partial charge >= 0.3 is 0 Å². The maximum atomic E-state index is 12.0. The zero-order valence-electron chi connectivity index (χ0n) is 13.5. The second-order valence-corrected chi connectivity index (χ2v) is 6.43. The zero-order valence-corrected chi connectivity index (χ0v) is 14.3.